The number of amides is 1. The Balaban J connectivity index is 0.00000576. The number of guanidine groups is 1. The molecule has 2 N–H and O–H groups in total. The van der Waals surface area contributed by atoms with Crippen molar-refractivity contribution in [1.29, 1.82) is 0 Å². The maximum atomic E-state index is 12.0. The number of carbonyl (C=O) groups excluding carboxylic acids is 1. The molecule has 0 unspecified atom stereocenters. The number of ether oxygens (including phenoxy) is 1. The van der Waals surface area contributed by atoms with Gasteiger partial charge in [-0.3, -0.25) is 9.79 Å². The zero-order chi connectivity index (χ0) is 17.8. The summed E-state index contributed by atoms with van der Waals surface area (Å²) in [4.78, 5) is 18.7. The zero-order valence-corrected chi connectivity index (χ0v) is 18.7. The molecule has 6 nitrogen and oxygen atoms in total. The predicted molar refractivity (Wildman–Crippen MR) is 115 cm³/mol. The summed E-state index contributed by atoms with van der Waals surface area (Å²) in [6.07, 6.45) is 5.34. The Kier molecular flexibility index (Phi) is 13.3. The first-order valence-corrected chi connectivity index (χ1v) is 9.39. The van der Waals surface area contributed by atoms with Gasteiger partial charge in [0.15, 0.2) is 5.96 Å². The summed E-state index contributed by atoms with van der Waals surface area (Å²) in [5.74, 6) is 1.01. The second-order valence-corrected chi connectivity index (χ2v) is 6.53. The van der Waals surface area contributed by atoms with Crippen molar-refractivity contribution < 1.29 is 9.53 Å². The third-order valence-electron chi connectivity index (χ3n) is 4.91. The summed E-state index contributed by atoms with van der Waals surface area (Å²) < 4.78 is 5.24. The Bertz CT molecular complexity index is 397. The van der Waals surface area contributed by atoms with Crippen LogP contribution in [0.3, 0.4) is 0 Å². The van der Waals surface area contributed by atoms with E-state index in [1.165, 1.54) is 19.3 Å². The zero-order valence-electron chi connectivity index (χ0n) is 16.4. The van der Waals surface area contributed by atoms with Gasteiger partial charge >= 0.3 is 0 Å². The fourth-order valence-electron chi connectivity index (χ4n) is 3.09. The average Bonchev–Trinajstić information content (AvgIpc) is 2.54. The molecule has 0 aliphatic heterocycles. The fourth-order valence-corrected chi connectivity index (χ4v) is 3.09. The predicted octanol–water partition coefficient (Wildman–Crippen LogP) is 2.62. The number of nitrogens with one attached hydrogen (secondary N) is 2. The minimum absolute atomic E-state index is 0. The quantitative estimate of drug-likeness (QED) is 0.278. The van der Waals surface area contributed by atoms with Crippen LogP contribution in [0.4, 0.5) is 0 Å². The van der Waals surface area contributed by atoms with Crippen molar-refractivity contribution in [2.24, 2.45) is 10.4 Å². The van der Waals surface area contributed by atoms with Crippen LogP contribution in [0.15, 0.2) is 4.99 Å². The van der Waals surface area contributed by atoms with Crippen molar-refractivity contribution in [3.8, 4) is 0 Å². The maximum Gasteiger partial charge on any atom is 0.224 e. The van der Waals surface area contributed by atoms with Gasteiger partial charge in [-0.05, 0) is 45.4 Å². The lowest BCUT2D eigenvalue weighted by atomic mass is 9.67. The highest BCUT2D eigenvalue weighted by Crippen LogP contribution is 2.44. The van der Waals surface area contributed by atoms with Crippen molar-refractivity contribution in [3.05, 3.63) is 0 Å². The van der Waals surface area contributed by atoms with Crippen molar-refractivity contribution in [2.75, 3.05) is 46.4 Å². The molecule has 1 aliphatic rings. The lowest BCUT2D eigenvalue weighted by Crippen LogP contribution is -2.42. The van der Waals surface area contributed by atoms with Crippen LogP contribution in [0.2, 0.25) is 0 Å². The van der Waals surface area contributed by atoms with Crippen molar-refractivity contribution in [2.45, 2.75) is 52.9 Å². The number of nitrogens with zero attached hydrogens (tertiary/aromatic N) is 2. The van der Waals surface area contributed by atoms with Gasteiger partial charge in [0.2, 0.25) is 5.91 Å². The Labute approximate surface area is 170 Å². The Morgan fingerprint density at radius 1 is 1.20 bits per heavy atom. The van der Waals surface area contributed by atoms with E-state index in [1.807, 2.05) is 18.7 Å². The molecule has 1 rings (SSSR count). The average molecular weight is 468 g/mol. The van der Waals surface area contributed by atoms with Gasteiger partial charge < -0.3 is 20.3 Å². The van der Waals surface area contributed by atoms with E-state index >= 15 is 0 Å². The van der Waals surface area contributed by atoms with Gasteiger partial charge in [0.25, 0.3) is 0 Å². The van der Waals surface area contributed by atoms with Crippen molar-refractivity contribution in [1.82, 2.24) is 15.5 Å². The van der Waals surface area contributed by atoms with Crippen LogP contribution in [0.5, 0.6) is 0 Å². The molecule has 1 fully saturated rings. The van der Waals surface area contributed by atoms with Crippen LogP contribution in [0.1, 0.15) is 52.9 Å². The fraction of sp³-hybridized carbons (Fsp3) is 0.889. The number of methoxy groups -OCH3 is 1. The highest BCUT2D eigenvalue weighted by atomic mass is 127. The van der Waals surface area contributed by atoms with Crippen LogP contribution in [0.25, 0.3) is 0 Å². The molecule has 0 aromatic rings. The summed E-state index contributed by atoms with van der Waals surface area (Å²) in [5, 5.41) is 6.56. The lowest BCUT2D eigenvalue weighted by molar-refractivity contribution is -0.130. The van der Waals surface area contributed by atoms with E-state index in [0.29, 0.717) is 18.4 Å². The SMILES string of the molecule is CCNC(=NCC1(CCOC)CCC1)NCCC(=O)N(CC)CC.I. The van der Waals surface area contributed by atoms with Gasteiger partial charge in [0.05, 0.1) is 0 Å². The van der Waals surface area contributed by atoms with E-state index in [4.69, 9.17) is 9.73 Å². The molecule has 1 amide bonds. The van der Waals surface area contributed by atoms with Crippen molar-refractivity contribution in [3.63, 3.8) is 0 Å². The molecular weight excluding hydrogens is 431 g/mol. The third-order valence-corrected chi connectivity index (χ3v) is 4.91. The number of halogens is 1. The topological polar surface area (TPSA) is 66.0 Å². The van der Waals surface area contributed by atoms with Crippen LogP contribution in [0, 0.1) is 5.41 Å². The molecule has 7 heteroatoms. The first-order chi connectivity index (χ1) is 11.6. The standard InChI is InChI=1S/C18H36N4O2.HI/c1-5-19-17(20-13-9-16(23)22(6-2)7-3)21-15-18(10-8-11-18)12-14-24-4;/h5-15H2,1-4H3,(H2,19,20,21);1H. The van der Waals surface area contributed by atoms with E-state index in [-0.39, 0.29) is 29.9 Å². The van der Waals surface area contributed by atoms with Gasteiger partial charge in [0.1, 0.15) is 0 Å². The molecule has 0 bridgehead atoms. The molecule has 0 aromatic carbocycles. The first-order valence-electron chi connectivity index (χ1n) is 9.39. The molecule has 0 saturated heterocycles. The number of hydrogen-bond donors (Lipinski definition) is 2. The highest BCUT2D eigenvalue weighted by molar-refractivity contribution is 14.0. The molecule has 25 heavy (non-hydrogen) atoms. The van der Waals surface area contributed by atoms with E-state index in [2.05, 4.69) is 17.6 Å². The van der Waals surface area contributed by atoms with Gasteiger partial charge in [-0.1, -0.05) is 6.42 Å². The second-order valence-electron chi connectivity index (χ2n) is 6.53. The van der Waals surface area contributed by atoms with Gasteiger partial charge in [-0.15, -0.1) is 24.0 Å². The normalized spacial score (nSPS) is 15.8. The number of rotatable bonds is 11. The van der Waals surface area contributed by atoms with Gasteiger partial charge in [-0.2, -0.15) is 0 Å². The minimum Gasteiger partial charge on any atom is -0.385 e. The van der Waals surface area contributed by atoms with E-state index in [1.54, 1.807) is 7.11 Å². The summed E-state index contributed by atoms with van der Waals surface area (Å²) in [6.45, 7) is 10.7. The van der Waals surface area contributed by atoms with Crippen LogP contribution < -0.4 is 10.6 Å². The Hall–Kier alpha value is -0.570. The summed E-state index contributed by atoms with van der Waals surface area (Å²) in [5.41, 5.74) is 0.315. The first kappa shape index (κ1) is 24.4. The Morgan fingerprint density at radius 3 is 2.36 bits per heavy atom. The van der Waals surface area contributed by atoms with E-state index < -0.39 is 0 Å². The molecule has 0 heterocycles. The van der Waals surface area contributed by atoms with E-state index in [9.17, 15) is 4.79 Å². The number of aliphatic imine (C=N–C) groups is 1. The molecule has 0 atom stereocenters. The van der Waals surface area contributed by atoms with Gasteiger partial charge in [0, 0.05) is 52.9 Å². The highest BCUT2D eigenvalue weighted by Gasteiger charge is 2.36. The lowest BCUT2D eigenvalue weighted by Gasteiger charge is -2.40. The van der Waals surface area contributed by atoms with Crippen LogP contribution >= 0.6 is 24.0 Å². The third kappa shape index (κ3) is 8.57. The molecule has 0 radical (unpaired) electrons. The van der Waals surface area contributed by atoms with Gasteiger partial charge in [-0.25, -0.2) is 0 Å². The monoisotopic (exact) mass is 468 g/mol. The van der Waals surface area contributed by atoms with Crippen LogP contribution in [-0.2, 0) is 9.53 Å². The number of carbonyl (C=O) groups is 1. The van der Waals surface area contributed by atoms with Crippen LogP contribution in [-0.4, -0.2) is 63.2 Å². The largest absolute Gasteiger partial charge is 0.385 e. The molecular formula is C18H37IN4O2. The molecule has 148 valence electrons. The summed E-state index contributed by atoms with van der Waals surface area (Å²) in [6, 6.07) is 0. The van der Waals surface area contributed by atoms with Crippen molar-refractivity contribution >= 4 is 35.8 Å². The maximum absolute atomic E-state index is 12.0. The molecule has 0 spiro atoms. The second kappa shape index (κ2) is 13.6. The minimum atomic E-state index is 0. The smallest absolute Gasteiger partial charge is 0.224 e. The Morgan fingerprint density at radius 2 is 1.88 bits per heavy atom. The van der Waals surface area contributed by atoms with E-state index in [0.717, 1.165) is 45.2 Å². The molecule has 1 saturated carbocycles. The molecule has 0 aromatic heterocycles. The molecule has 1 aliphatic carbocycles. The number of hydrogen-bond acceptors (Lipinski definition) is 3. The summed E-state index contributed by atoms with van der Waals surface area (Å²) >= 11 is 0. The summed E-state index contributed by atoms with van der Waals surface area (Å²) in [7, 11) is 1.76.